The van der Waals surface area contributed by atoms with Gasteiger partial charge in [-0.15, -0.1) is 9.98 Å². The number of para-hydroxylation sites is 2. The highest BCUT2D eigenvalue weighted by Gasteiger charge is 2.33. The van der Waals surface area contributed by atoms with E-state index in [1.807, 2.05) is 30.3 Å². The van der Waals surface area contributed by atoms with Gasteiger partial charge in [0.15, 0.2) is 0 Å². The van der Waals surface area contributed by atoms with Crippen LogP contribution >= 0.6 is 0 Å². The van der Waals surface area contributed by atoms with Gasteiger partial charge in [0.25, 0.3) is 0 Å². The largest absolute Gasteiger partial charge is 0.491 e. The number of benzene rings is 2. The van der Waals surface area contributed by atoms with Gasteiger partial charge in [-0.25, -0.2) is 9.59 Å². The lowest BCUT2D eigenvalue weighted by Crippen LogP contribution is -2.37. The monoisotopic (exact) mass is 340 g/mol. The fraction of sp³-hybridized carbons (Fsp3) is 0.222. The highest BCUT2D eigenvalue weighted by molar-refractivity contribution is 5.39. The second-order valence-electron chi connectivity index (χ2n) is 4.78. The fourth-order valence-electron chi connectivity index (χ4n) is 1.92. The molecule has 0 bridgehead atoms. The van der Waals surface area contributed by atoms with E-state index < -0.39 is 5.85 Å². The van der Waals surface area contributed by atoms with Crippen LogP contribution in [0.5, 0.6) is 11.5 Å². The van der Waals surface area contributed by atoms with Crippen LogP contribution in [0, 0.1) is 0 Å². The molecule has 0 saturated carbocycles. The van der Waals surface area contributed by atoms with Crippen LogP contribution < -0.4 is 9.47 Å². The summed E-state index contributed by atoms with van der Waals surface area (Å²) in [5, 5.41) is 0. The normalized spacial score (nSPS) is 12.2. The molecular weight excluding hydrogens is 324 g/mol. The number of hydrogen-bond donors (Lipinski definition) is 0. The fourth-order valence-corrected chi connectivity index (χ4v) is 1.92. The van der Waals surface area contributed by atoms with Crippen LogP contribution in [0.25, 0.3) is 0 Å². The first kappa shape index (κ1) is 18.1. The van der Waals surface area contributed by atoms with Gasteiger partial charge in [-0.3, -0.25) is 0 Å². The highest BCUT2D eigenvalue weighted by atomic mass is 16.6. The summed E-state index contributed by atoms with van der Waals surface area (Å²) in [4.78, 5) is 28.4. The van der Waals surface area contributed by atoms with Crippen molar-refractivity contribution >= 4 is 12.2 Å². The molecular formula is C18H16N2O5. The topological polar surface area (TPSA) is 86.5 Å². The van der Waals surface area contributed by atoms with Crippen molar-refractivity contribution in [3.63, 3.8) is 0 Å². The van der Waals surface area contributed by atoms with Gasteiger partial charge >= 0.3 is 5.85 Å². The van der Waals surface area contributed by atoms with E-state index >= 15 is 0 Å². The number of hydrogen-bond acceptors (Lipinski definition) is 7. The maximum atomic E-state index is 10.7. The summed E-state index contributed by atoms with van der Waals surface area (Å²) in [6.07, 6.45) is 2.69. The zero-order valence-corrected chi connectivity index (χ0v) is 13.3. The third kappa shape index (κ3) is 6.05. The van der Waals surface area contributed by atoms with Gasteiger partial charge in [0.1, 0.15) is 24.7 Å². The third-order valence-corrected chi connectivity index (χ3v) is 2.99. The van der Waals surface area contributed by atoms with E-state index in [4.69, 9.17) is 14.2 Å². The van der Waals surface area contributed by atoms with E-state index in [0.717, 1.165) is 0 Å². The molecule has 0 fully saturated rings. The smallest absolute Gasteiger partial charge is 0.343 e. The van der Waals surface area contributed by atoms with Gasteiger partial charge in [0.2, 0.25) is 12.2 Å². The van der Waals surface area contributed by atoms with Crippen LogP contribution in [-0.2, 0) is 14.3 Å². The molecule has 0 N–H and O–H groups in total. The molecule has 2 rings (SSSR count). The molecule has 0 aliphatic carbocycles. The van der Waals surface area contributed by atoms with E-state index in [1.54, 1.807) is 30.3 Å². The third-order valence-electron chi connectivity index (χ3n) is 2.99. The number of isocyanates is 2. The Hall–Kier alpha value is -3.24. The molecule has 0 heterocycles. The molecule has 0 atom stereocenters. The molecule has 0 aromatic heterocycles. The second kappa shape index (κ2) is 9.80. The summed E-state index contributed by atoms with van der Waals surface area (Å²) in [6, 6.07) is 17.7. The van der Waals surface area contributed by atoms with E-state index in [9.17, 15) is 9.59 Å². The van der Waals surface area contributed by atoms with Crippen molar-refractivity contribution < 1.29 is 23.8 Å². The summed E-state index contributed by atoms with van der Waals surface area (Å²) in [6.45, 7) is 0.170. The minimum Gasteiger partial charge on any atom is -0.491 e. The molecule has 2 aromatic rings. The number of aliphatic imine (C=N–C) groups is 2. The maximum absolute atomic E-state index is 10.7. The minimum atomic E-state index is -1.86. The number of ether oxygens (including phenoxy) is 3. The van der Waals surface area contributed by atoms with Crippen molar-refractivity contribution in [1.29, 1.82) is 0 Å². The van der Waals surface area contributed by atoms with Crippen molar-refractivity contribution in [1.82, 2.24) is 0 Å². The van der Waals surface area contributed by atoms with Gasteiger partial charge in [0, 0.05) is 0 Å². The van der Waals surface area contributed by atoms with E-state index in [1.165, 1.54) is 12.2 Å². The predicted octanol–water partition coefficient (Wildman–Crippen LogP) is 2.49. The first-order chi connectivity index (χ1) is 12.3. The molecule has 0 aliphatic rings. The average Bonchev–Trinajstić information content (AvgIpc) is 2.64. The zero-order chi connectivity index (χ0) is 17.8. The molecule has 0 unspecified atom stereocenters. The summed E-state index contributed by atoms with van der Waals surface area (Å²) < 4.78 is 16.4. The molecule has 0 saturated heterocycles. The summed E-state index contributed by atoms with van der Waals surface area (Å²) in [7, 11) is 0. The Morgan fingerprint density at radius 2 is 1.36 bits per heavy atom. The number of carbonyl (C=O) groups excluding carboxylic acids is 2. The lowest BCUT2D eigenvalue weighted by molar-refractivity contribution is -0.0225. The molecule has 0 aliphatic heterocycles. The van der Waals surface area contributed by atoms with Crippen molar-refractivity contribution in [3.05, 3.63) is 60.7 Å². The molecule has 0 spiro atoms. The minimum absolute atomic E-state index is 0.178. The molecule has 25 heavy (non-hydrogen) atoms. The van der Waals surface area contributed by atoms with E-state index in [-0.39, 0.29) is 19.8 Å². The SMILES string of the molecule is O=C=NC(COCCOc1ccccc1)(N=C=O)Oc1ccccc1. The Labute approximate surface area is 144 Å². The summed E-state index contributed by atoms with van der Waals surface area (Å²) in [5.74, 6) is -0.795. The Balaban J connectivity index is 1.93. The molecule has 7 nitrogen and oxygen atoms in total. The quantitative estimate of drug-likeness (QED) is 0.377. The first-order valence-corrected chi connectivity index (χ1v) is 7.46. The van der Waals surface area contributed by atoms with E-state index in [0.29, 0.717) is 11.5 Å². The van der Waals surface area contributed by atoms with Gasteiger partial charge in [0.05, 0.1) is 6.61 Å². The first-order valence-electron chi connectivity index (χ1n) is 7.46. The molecule has 128 valence electrons. The van der Waals surface area contributed by atoms with Gasteiger partial charge in [-0.1, -0.05) is 36.4 Å². The van der Waals surface area contributed by atoms with Crippen LogP contribution in [0.3, 0.4) is 0 Å². The van der Waals surface area contributed by atoms with Crippen molar-refractivity contribution in [2.24, 2.45) is 9.98 Å². The zero-order valence-electron chi connectivity index (χ0n) is 13.3. The molecule has 2 aromatic carbocycles. The molecule has 7 heteroatoms. The summed E-state index contributed by atoms with van der Waals surface area (Å²) in [5.41, 5.74) is 0. The average molecular weight is 340 g/mol. The molecule has 0 radical (unpaired) electrons. The van der Waals surface area contributed by atoms with Crippen LogP contribution in [-0.4, -0.2) is 37.8 Å². The number of rotatable bonds is 10. The van der Waals surface area contributed by atoms with Gasteiger partial charge in [-0.05, 0) is 24.3 Å². The van der Waals surface area contributed by atoms with Crippen LogP contribution in [0.15, 0.2) is 70.6 Å². The Kier molecular flexibility index (Phi) is 7.10. The second-order valence-corrected chi connectivity index (χ2v) is 4.78. The lowest BCUT2D eigenvalue weighted by atomic mass is 10.3. The number of nitrogens with zero attached hydrogens (tertiary/aromatic N) is 2. The standard InChI is InChI=1S/C18H16N2O5/c21-14-19-18(20-15-22,25-17-9-5-2-6-10-17)13-23-11-12-24-16-7-3-1-4-8-16/h1-10H,11-13H2. The van der Waals surface area contributed by atoms with Gasteiger partial charge < -0.3 is 14.2 Å². The van der Waals surface area contributed by atoms with Gasteiger partial charge in [-0.2, -0.15) is 0 Å². The highest BCUT2D eigenvalue weighted by Crippen LogP contribution is 2.21. The van der Waals surface area contributed by atoms with Crippen molar-refractivity contribution in [3.8, 4) is 11.5 Å². The Morgan fingerprint density at radius 1 is 0.800 bits per heavy atom. The van der Waals surface area contributed by atoms with Crippen LogP contribution in [0.2, 0.25) is 0 Å². The predicted molar refractivity (Wildman–Crippen MR) is 88.8 cm³/mol. The van der Waals surface area contributed by atoms with E-state index in [2.05, 4.69) is 9.98 Å². The van der Waals surface area contributed by atoms with Crippen LogP contribution in [0.1, 0.15) is 0 Å². The Morgan fingerprint density at radius 3 is 1.92 bits per heavy atom. The summed E-state index contributed by atoms with van der Waals surface area (Å²) >= 11 is 0. The van der Waals surface area contributed by atoms with Crippen molar-refractivity contribution in [2.75, 3.05) is 19.8 Å². The Bertz CT molecular complexity index is 721. The van der Waals surface area contributed by atoms with Crippen LogP contribution in [0.4, 0.5) is 0 Å². The van der Waals surface area contributed by atoms with Crippen molar-refractivity contribution in [2.45, 2.75) is 5.85 Å². The molecule has 0 amide bonds. The lowest BCUT2D eigenvalue weighted by Gasteiger charge is -2.23. The maximum Gasteiger partial charge on any atom is 0.343 e.